The van der Waals surface area contributed by atoms with Gasteiger partial charge in [0, 0.05) is 17.1 Å². The molecule has 0 fully saturated rings. The molecule has 0 amide bonds. The monoisotopic (exact) mass is 341 g/mol. The second-order valence-corrected chi connectivity index (χ2v) is 5.52. The lowest BCUT2D eigenvalue weighted by atomic mass is 10.2. The van der Waals surface area contributed by atoms with Crippen LogP contribution in [-0.4, -0.2) is 14.5 Å². The fraction of sp³-hybridized carbons (Fsp3) is 0.118. The summed E-state index contributed by atoms with van der Waals surface area (Å²) in [6.45, 7) is 2.31. The summed E-state index contributed by atoms with van der Waals surface area (Å²) in [7, 11) is 0. The van der Waals surface area contributed by atoms with Crippen LogP contribution in [0.4, 0.5) is 11.6 Å². The van der Waals surface area contributed by atoms with E-state index in [0.717, 1.165) is 5.56 Å². The molecule has 0 aliphatic heterocycles. The van der Waals surface area contributed by atoms with Crippen LogP contribution in [0.3, 0.4) is 0 Å². The van der Waals surface area contributed by atoms with Crippen molar-refractivity contribution in [3.63, 3.8) is 0 Å². The van der Waals surface area contributed by atoms with E-state index in [0.29, 0.717) is 23.1 Å². The summed E-state index contributed by atoms with van der Waals surface area (Å²) in [6, 6.07) is 16.3. The van der Waals surface area contributed by atoms with Crippen LogP contribution in [0.1, 0.15) is 6.92 Å². The second-order valence-electron chi connectivity index (χ2n) is 5.09. The molecule has 6 nitrogen and oxygen atoms in total. The topological polar surface area (TPSA) is 77.0 Å². The molecule has 0 radical (unpaired) electrons. The molecule has 0 aliphatic carbocycles. The fourth-order valence-corrected chi connectivity index (χ4v) is 2.46. The first kappa shape index (κ1) is 16.2. The van der Waals surface area contributed by atoms with Gasteiger partial charge in [0.05, 0.1) is 5.69 Å². The van der Waals surface area contributed by atoms with E-state index in [2.05, 4.69) is 9.97 Å². The summed E-state index contributed by atoms with van der Waals surface area (Å²) >= 11 is 5.94. The van der Waals surface area contributed by atoms with Gasteiger partial charge in [-0.1, -0.05) is 29.8 Å². The number of para-hydroxylation sites is 1. The first-order chi connectivity index (χ1) is 11.6. The standard InChI is InChI=1S/C17H16ClN5O/c1-2-22-15(12-8-10-13(18)11-9-12)20-16(21-17(22)24)23(19)14-6-4-3-5-7-14/h3-11H,2,19H2,1H3. The van der Waals surface area contributed by atoms with Crippen molar-refractivity contribution in [1.82, 2.24) is 14.5 Å². The van der Waals surface area contributed by atoms with Crippen molar-refractivity contribution in [3.8, 4) is 11.4 Å². The third-order valence-corrected chi connectivity index (χ3v) is 3.81. The zero-order valence-corrected chi connectivity index (χ0v) is 13.8. The van der Waals surface area contributed by atoms with Gasteiger partial charge in [-0.25, -0.2) is 15.6 Å². The van der Waals surface area contributed by atoms with E-state index >= 15 is 0 Å². The van der Waals surface area contributed by atoms with E-state index in [1.54, 1.807) is 12.1 Å². The lowest BCUT2D eigenvalue weighted by molar-refractivity contribution is 0.682. The van der Waals surface area contributed by atoms with Gasteiger partial charge in [0.2, 0.25) is 0 Å². The molecule has 0 spiro atoms. The first-order valence-electron chi connectivity index (χ1n) is 7.45. The Kier molecular flexibility index (Phi) is 4.59. The molecule has 0 bridgehead atoms. The van der Waals surface area contributed by atoms with Gasteiger partial charge in [0.15, 0.2) is 0 Å². The molecule has 2 aromatic carbocycles. The van der Waals surface area contributed by atoms with E-state index in [9.17, 15) is 4.79 Å². The van der Waals surface area contributed by atoms with Crippen LogP contribution in [0, 0.1) is 0 Å². The van der Waals surface area contributed by atoms with Crippen LogP contribution in [0.25, 0.3) is 11.4 Å². The Morgan fingerprint density at radius 3 is 2.38 bits per heavy atom. The van der Waals surface area contributed by atoms with E-state index < -0.39 is 5.69 Å². The number of hydrogen-bond acceptors (Lipinski definition) is 5. The molecule has 24 heavy (non-hydrogen) atoms. The van der Waals surface area contributed by atoms with Crippen molar-refractivity contribution >= 4 is 23.2 Å². The quantitative estimate of drug-likeness (QED) is 0.583. The Balaban J connectivity index is 2.13. The van der Waals surface area contributed by atoms with Crippen molar-refractivity contribution in [2.45, 2.75) is 13.5 Å². The van der Waals surface area contributed by atoms with Gasteiger partial charge in [-0.3, -0.25) is 4.57 Å². The van der Waals surface area contributed by atoms with Gasteiger partial charge in [0.1, 0.15) is 5.82 Å². The minimum atomic E-state index is -0.404. The third kappa shape index (κ3) is 3.15. The zero-order chi connectivity index (χ0) is 17.1. The first-order valence-corrected chi connectivity index (χ1v) is 7.82. The molecule has 1 heterocycles. The van der Waals surface area contributed by atoms with Crippen LogP contribution in [0.5, 0.6) is 0 Å². The largest absolute Gasteiger partial charge is 0.352 e. The van der Waals surface area contributed by atoms with Crippen molar-refractivity contribution in [2.24, 2.45) is 5.84 Å². The zero-order valence-electron chi connectivity index (χ0n) is 13.1. The van der Waals surface area contributed by atoms with Gasteiger partial charge in [-0.15, -0.1) is 0 Å². The average molecular weight is 342 g/mol. The average Bonchev–Trinajstić information content (AvgIpc) is 2.62. The van der Waals surface area contributed by atoms with E-state index in [1.165, 1.54) is 9.58 Å². The molecule has 1 aromatic heterocycles. The molecular formula is C17H16ClN5O. The van der Waals surface area contributed by atoms with E-state index in [1.807, 2.05) is 49.4 Å². The van der Waals surface area contributed by atoms with Crippen molar-refractivity contribution in [3.05, 3.63) is 70.1 Å². The molecule has 0 saturated heterocycles. The predicted octanol–water partition coefficient (Wildman–Crippen LogP) is 2.99. The smallest absolute Gasteiger partial charge is 0.276 e. The van der Waals surface area contributed by atoms with E-state index in [-0.39, 0.29) is 5.95 Å². The van der Waals surface area contributed by atoms with Gasteiger partial charge in [-0.05, 0) is 43.3 Å². The number of hydrazine groups is 1. The highest BCUT2D eigenvalue weighted by Gasteiger charge is 2.15. The molecule has 0 unspecified atom stereocenters. The summed E-state index contributed by atoms with van der Waals surface area (Å²) in [5.74, 6) is 6.72. The van der Waals surface area contributed by atoms with Crippen LogP contribution < -0.4 is 16.5 Å². The molecular weight excluding hydrogens is 326 g/mol. The second kappa shape index (κ2) is 6.82. The maximum Gasteiger partial charge on any atom is 0.352 e. The number of hydrogen-bond donors (Lipinski definition) is 1. The summed E-state index contributed by atoms with van der Waals surface area (Å²) in [4.78, 5) is 20.9. The van der Waals surface area contributed by atoms with Gasteiger partial charge in [0.25, 0.3) is 5.95 Å². The summed E-state index contributed by atoms with van der Waals surface area (Å²) in [5, 5.41) is 1.91. The Morgan fingerprint density at radius 1 is 1.08 bits per heavy atom. The van der Waals surface area contributed by atoms with Gasteiger partial charge in [-0.2, -0.15) is 9.97 Å². The maximum atomic E-state index is 12.4. The molecule has 0 aliphatic rings. The number of anilines is 2. The van der Waals surface area contributed by atoms with Crippen LogP contribution in [0.15, 0.2) is 59.4 Å². The predicted molar refractivity (Wildman–Crippen MR) is 95.2 cm³/mol. The van der Waals surface area contributed by atoms with Crippen LogP contribution in [-0.2, 0) is 6.54 Å². The summed E-state index contributed by atoms with van der Waals surface area (Å²) < 4.78 is 1.49. The van der Waals surface area contributed by atoms with Crippen LogP contribution >= 0.6 is 11.6 Å². The minimum absolute atomic E-state index is 0.140. The Bertz CT molecular complexity index is 893. The number of halogens is 1. The van der Waals surface area contributed by atoms with Crippen LogP contribution in [0.2, 0.25) is 5.02 Å². The fourth-order valence-electron chi connectivity index (χ4n) is 2.33. The Morgan fingerprint density at radius 2 is 1.75 bits per heavy atom. The van der Waals surface area contributed by atoms with Gasteiger partial charge >= 0.3 is 5.69 Å². The number of rotatable bonds is 4. The lowest BCUT2D eigenvalue weighted by Gasteiger charge is -2.18. The number of nitrogens with two attached hydrogens (primary N) is 1. The highest BCUT2D eigenvalue weighted by atomic mass is 35.5. The molecule has 122 valence electrons. The SMILES string of the molecule is CCn1c(-c2ccc(Cl)cc2)nc(N(N)c2ccccc2)nc1=O. The van der Waals surface area contributed by atoms with Crippen molar-refractivity contribution < 1.29 is 0 Å². The van der Waals surface area contributed by atoms with Crippen molar-refractivity contribution in [1.29, 1.82) is 0 Å². The Labute approximate surface area is 144 Å². The summed E-state index contributed by atoms with van der Waals surface area (Å²) in [5.41, 5.74) is 1.05. The van der Waals surface area contributed by atoms with E-state index in [4.69, 9.17) is 17.4 Å². The molecule has 3 rings (SSSR count). The highest BCUT2D eigenvalue weighted by Crippen LogP contribution is 2.22. The molecule has 0 saturated carbocycles. The number of nitrogens with zero attached hydrogens (tertiary/aromatic N) is 4. The molecule has 3 aromatic rings. The third-order valence-electron chi connectivity index (χ3n) is 3.56. The van der Waals surface area contributed by atoms with Gasteiger partial charge < -0.3 is 0 Å². The molecule has 7 heteroatoms. The highest BCUT2D eigenvalue weighted by molar-refractivity contribution is 6.30. The van der Waals surface area contributed by atoms with Crippen molar-refractivity contribution in [2.75, 3.05) is 5.01 Å². The molecule has 2 N–H and O–H groups in total. The molecule has 0 atom stereocenters. The lowest BCUT2D eigenvalue weighted by Crippen LogP contribution is -2.33. The Hall–Kier alpha value is -2.70. The number of benzene rings is 2. The minimum Gasteiger partial charge on any atom is -0.276 e. The summed E-state index contributed by atoms with van der Waals surface area (Å²) in [6.07, 6.45) is 0. The maximum absolute atomic E-state index is 12.4. The number of aromatic nitrogens is 3. The normalized spacial score (nSPS) is 10.6.